The number of hydrogen-bond donors (Lipinski definition) is 3. The summed E-state index contributed by atoms with van der Waals surface area (Å²) in [5.74, 6) is 0.598. The van der Waals surface area contributed by atoms with Crippen LogP contribution in [0, 0.1) is 5.92 Å². The van der Waals surface area contributed by atoms with Crippen LogP contribution in [-0.4, -0.2) is 6.54 Å². The van der Waals surface area contributed by atoms with Gasteiger partial charge in [-0.2, -0.15) is 0 Å². The minimum Gasteiger partial charge on any atom is -0.398 e. The molecule has 3 heteroatoms. The summed E-state index contributed by atoms with van der Waals surface area (Å²) in [5.41, 5.74) is 12.3. The molecule has 0 radical (unpaired) electrons. The van der Waals surface area contributed by atoms with E-state index < -0.39 is 0 Å². The Bertz CT molecular complexity index is 149. The third-order valence-electron chi connectivity index (χ3n) is 1.14. The van der Waals surface area contributed by atoms with Crippen LogP contribution in [0.3, 0.4) is 0 Å². The summed E-state index contributed by atoms with van der Waals surface area (Å²) in [7, 11) is 0. The molecule has 0 heterocycles. The zero-order valence-electron chi connectivity index (χ0n) is 7.28. The van der Waals surface area contributed by atoms with Crippen molar-refractivity contribution in [2.24, 2.45) is 11.7 Å². The van der Waals surface area contributed by atoms with Crippen molar-refractivity contribution >= 4 is 0 Å². The summed E-state index contributed by atoms with van der Waals surface area (Å²) in [4.78, 5) is 0. The molecule has 0 aliphatic carbocycles. The molecule has 0 fully saturated rings. The minimum atomic E-state index is 0.459. The molecule has 0 saturated carbocycles. The first-order valence-electron chi connectivity index (χ1n) is 3.66. The van der Waals surface area contributed by atoms with Gasteiger partial charge in [-0.1, -0.05) is 27.0 Å². The molecule has 0 bridgehead atoms. The normalized spacial score (nSPS) is 9.73. The first kappa shape index (κ1) is 10.0. The van der Waals surface area contributed by atoms with E-state index in [1.807, 2.05) is 0 Å². The first-order valence-corrected chi connectivity index (χ1v) is 3.66. The Kier molecular flexibility index (Phi) is 4.38. The van der Waals surface area contributed by atoms with Crippen molar-refractivity contribution in [3.05, 3.63) is 24.6 Å². The Morgan fingerprint density at radius 2 is 2.00 bits per heavy atom. The average molecular weight is 155 g/mol. The number of rotatable bonds is 5. The average Bonchev–Trinajstić information content (AvgIpc) is 1.86. The van der Waals surface area contributed by atoms with Gasteiger partial charge in [-0.3, -0.25) is 0 Å². The molecule has 0 atom stereocenters. The van der Waals surface area contributed by atoms with Crippen molar-refractivity contribution in [2.45, 2.75) is 13.8 Å². The van der Waals surface area contributed by atoms with E-state index in [1.165, 1.54) is 0 Å². The van der Waals surface area contributed by atoms with Crippen molar-refractivity contribution in [3.63, 3.8) is 0 Å². The molecule has 0 unspecified atom stereocenters. The second kappa shape index (κ2) is 4.79. The smallest absolute Gasteiger partial charge is 0.0639 e. The lowest BCUT2D eigenvalue weighted by molar-refractivity contribution is 0.510. The van der Waals surface area contributed by atoms with E-state index in [0.29, 0.717) is 17.3 Å². The van der Waals surface area contributed by atoms with Crippen LogP contribution >= 0.6 is 0 Å². The summed E-state index contributed by atoms with van der Waals surface area (Å²) in [5, 5.41) is 0. The highest BCUT2D eigenvalue weighted by molar-refractivity contribution is 5.18. The molecule has 3 nitrogen and oxygen atoms in total. The van der Waals surface area contributed by atoms with E-state index in [0.717, 1.165) is 6.54 Å². The van der Waals surface area contributed by atoms with E-state index in [1.54, 1.807) is 0 Å². The fourth-order valence-electron chi connectivity index (χ4n) is 0.442. The van der Waals surface area contributed by atoms with Crippen molar-refractivity contribution in [2.75, 3.05) is 6.54 Å². The number of nitrogens with one attached hydrogen (secondary N) is 2. The summed E-state index contributed by atoms with van der Waals surface area (Å²) < 4.78 is 0. The third-order valence-corrected chi connectivity index (χ3v) is 1.14. The summed E-state index contributed by atoms with van der Waals surface area (Å²) in [6.45, 7) is 12.3. The van der Waals surface area contributed by atoms with E-state index in [9.17, 15) is 0 Å². The van der Waals surface area contributed by atoms with Crippen LogP contribution in [-0.2, 0) is 0 Å². The van der Waals surface area contributed by atoms with Crippen molar-refractivity contribution in [1.29, 1.82) is 0 Å². The van der Waals surface area contributed by atoms with Gasteiger partial charge in [-0.05, 0) is 5.92 Å². The van der Waals surface area contributed by atoms with Crippen LogP contribution in [0.25, 0.3) is 0 Å². The van der Waals surface area contributed by atoms with Gasteiger partial charge in [0.2, 0.25) is 0 Å². The van der Waals surface area contributed by atoms with Crippen molar-refractivity contribution < 1.29 is 0 Å². The SMILES string of the molecule is C=C(N)C(=C)NNCC(C)C. The van der Waals surface area contributed by atoms with Gasteiger partial charge >= 0.3 is 0 Å². The highest BCUT2D eigenvalue weighted by Crippen LogP contribution is 1.90. The van der Waals surface area contributed by atoms with E-state index in [2.05, 4.69) is 37.9 Å². The highest BCUT2D eigenvalue weighted by atomic mass is 15.4. The molecular formula is C8H17N3. The van der Waals surface area contributed by atoms with Crippen LogP contribution < -0.4 is 16.6 Å². The number of hydrogen-bond acceptors (Lipinski definition) is 3. The van der Waals surface area contributed by atoms with Gasteiger partial charge in [0, 0.05) is 12.2 Å². The van der Waals surface area contributed by atoms with E-state index in [-0.39, 0.29) is 0 Å². The Morgan fingerprint density at radius 1 is 1.45 bits per heavy atom. The van der Waals surface area contributed by atoms with Gasteiger partial charge in [-0.15, -0.1) is 0 Å². The predicted octanol–water partition coefficient (Wildman–Crippen LogP) is 0.723. The molecular weight excluding hydrogens is 138 g/mol. The fourth-order valence-corrected chi connectivity index (χ4v) is 0.442. The Morgan fingerprint density at radius 3 is 2.36 bits per heavy atom. The van der Waals surface area contributed by atoms with Crippen LogP contribution in [0.4, 0.5) is 0 Å². The third kappa shape index (κ3) is 5.48. The molecule has 0 rings (SSSR count). The van der Waals surface area contributed by atoms with Crippen molar-refractivity contribution in [1.82, 2.24) is 10.9 Å². The molecule has 0 amide bonds. The summed E-state index contributed by atoms with van der Waals surface area (Å²) in [6.07, 6.45) is 0. The predicted molar refractivity (Wildman–Crippen MR) is 48.4 cm³/mol. The molecule has 64 valence electrons. The molecule has 0 spiro atoms. The largest absolute Gasteiger partial charge is 0.398 e. The molecule has 0 aromatic rings. The lowest BCUT2D eigenvalue weighted by atomic mass is 10.2. The maximum atomic E-state index is 5.36. The van der Waals surface area contributed by atoms with Crippen LogP contribution in [0.5, 0.6) is 0 Å². The second-order valence-corrected chi connectivity index (χ2v) is 2.90. The van der Waals surface area contributed by atoms with E-state index in [4.69, 9.17) is 5.73 Å². The Balaban J connectivity index is 3.40. The van der Waals surface area contributed by atoms with Crippen LogP contribution in [0.2, 0.25) is 0 Å². The highest BCUT2D eigenvalue weighted by Gasteiger charge is 1.94. The van der Waals surface area contributed by atoms with Crippen molar-refractivity contribution in [3.8, 4) is 0 Å². The van der Waals surface area contributed by atoms with Gasteiger partial charge in [0.15, 0.2) is 0 Å². The maximum absolute atomic E-state index is 5.36. The van der Waals surface area contributed by atoms with Gasteiger partial charge in [-0.25, -0.2) is 5.43 Å². The minimum absolute atomic E-state index is 0.459. The van der Waals surface area contributed by atoms with Gasteiger partial charge in [0.05, 0.1) is 5.70 Å². The number of nitrogens with two attached hydrogens (primary N) is 1. The Hall–Kier alpha value is -0.960. The molecule has 0 aliphatic heterocycles. The van der Waals surface area contributed by atoms with Gasteiger partial charge < -0.3 is 11.2 Å². The quantitative estimate of drug-likeness (QED) is 0.405. The molecule has 0 aliphatic rings. The van der Waals surface area contributed by atoms with E-state index >= 15 is 0 Å². The first-order chi connectivity index (χ1) is 5.04. The van der Waals surface area contributed by atoms with Crippen LogP contribution in [0.1, 0.15) is 13.8 Å². The standard InChI is InChI=1S/C8H17N3/c1-6(2)5-10-11-8(4)7(3)9/h6,10-11H,3-5,9H2,1-2H3. The summed E-state index contributed by atoms with van der Waals surface area (Å²) in [6, 6.07) is 0. The summed E-state index contributed by atoms with van der Waals surface area (Å²) >= 11 is 0. The maximum Gasteiger partial charge on any atom is 0.0639 e. The molecule has 0 saturated heterocycles. The topological polar surface area (TPSA) is 50.1 Å². The Labute approximate surface area is 68.3 Å². The molecule has 4 N–H and O–H groups in total. The fraction of sp³-hybridized carbons (Fsp3) is 0.500. The molecule has 0 aromatic carbocycles. The monoisotopic (exact) mass is 155 g/mol. The number of hydrazine groups is 1. The zero-order chi connectivity index (χ0) is 8.85. The zero-order valence-corrected chi connectivity index (χ0v) is 7.28. The molecule has 11 heavy (non-hydrogen) atoms. The second-order valence-electron chi connectivity index (χ2n) is 2.90. The molecule has 0 aromatic heterocycles. The van der Waals surface area contributed by atoms with Gasteiger partial charge in [0.25, 0.3) is 0 Å². The lowest BCUT2D eigenvalue weighted by Crippen LogP contribution is -2.35. The lowest BCUT2D eigenvalue weighted by Gasteiger charge is -2.11. The van der Waals surface area contributed by atoms with Gasteiger partial charge in [0.1, 0.15) is 0 Å². The van der Waals surface area contributed by atoms with Crippen LogP contribution in [0.15, 0.2) is 24.6 Å².